The van der Waals surface area contributed by atoms with Gasteiger partial charge in [0.1, 0.15) is 0 Å². The summed E-state index contributed by atoms with van der Waals surface area (Å²) in [6.07, 6.45) is 6.39. The molecule has 17 heavy (non-hydrogen) atoms. The van der Waals surface area contributed by atoms with Crippen molar-refractivity contribution in [1.29, 1.82) is 0 Å². The monoisotopic (exact) mass is 234 g/mol. The second-order valence-electron chi connectivity index (χ2n) is 4.28. The number of nitrogens with one attached hydrogen (secondary N) is 1. The van der Waals surface area contributed by atoms with E-state index in [9.17, 15) is 4.79 Å². The molecule has 0 aliphatic carbocycles. The van der Waals surface area contributed by atoms with Crippen LogP contribution in [0.25, 0.3) is 0 Å². The molecule has 3 N–H and O–H groups in total. The first-order chi connectivity index (χ1) is 8.24. The minimum atomic E-state index is -0.379. The van der Waals surface area contributed by atoms with E-state index in [1.165, 1.54) is 32.1 Å². The third-order valence-corrected chi connectivity index (χ3v) is 2.78. The van der Waals surface area contributed by atoms with Crippen molar-refractivity contribution in [3.63, 3.8) is 0 Å². The van der Waals surface area contributed by atoms with Crippen LogP contribution < -0.4 is 11.1 Å². The van der Waals surface area contributed by atoms with Gasteiger partial charge in [0.2, 0.25) is 5.91 Å². The van der Waals surface area contributed by atoms with E-state index in [-0.39, 0.29) is 5.91 Å². The van der Waals surface area contributed by atoms with Crippen LogP contribution in [-0.2, 0) is 0 Å². The highest BCUT2D eigenvalue weighted by Gasteiger charge is 1.98. The van der Waals surface area contributed by atoms with Gasteiger partial charge in [0, 0.05) is 17.8 Å². The smallest absolute Gasteiger partial charge is 0.248 e. The molecule has 0 unspecified atom stereocenters. The molecule has 0 radical (unpaired) electrons. The molecule has 0 aromatic heterocycles. The molecule has 1 amide bonds. The zero-order valence-electron chi connectivity index (χ0n) is 10.5. The molecule has 3 nitrogen and oxygen atoms in total. The number of unbranched alkanes of at least 4 members (excludes halogenated alkanes) is 4. The zero-order chi connectivity index (χ0) is 12.5. The van der Waals surface area contributed by atoms with Gasteiger partial charge < -0.3 is 11.1 Å². The number of primary amides is 1. The van der Waals surface area contributed by atoms with Crippen molar-refractivity contribution in [3.05, 3.63) is 29.8 Å². The Hall–Kier alpha value is -1.51. The van der Waals surface area contributed by atoms with Crippen LogP contribution >= 0.6 is 0 Å². The van der Waals surface area contributed by atoms with Crippen molar-refractivity contribution in [1.82, 2.24) is 0 Å². The first kappa shape index (κ1) is 13.6. The molecule has 1 rings (SSSR count). The molecule has 0 bridgehead atoms. The second-order valence-corrected chi connectivity index (χ2v) is 4.28. The van der Waals surface area contributed by atoms with Gasteiger partial charge in [0.25, 0.3) is 0 Å². The number of anilines is 1. The van der Waals surface area contributed by atoms with Gasteiger partial charge in [-0.1, -0.05) is 32.6 Å². The number of carbonyl (C=O) groups excluding carboxylic acids is 1. The topological polar surface area (TPSA) is 55.1 Å². The van der Waals surface area contributed by atoms with Gasteiger partial charge in [-0.05, 0) is 30.7 Å². The molecular formula is C14H22N2O. The minimum absolute atomic E-state index is 0.379. The summed E-state index contributed by atoms with van der Waals surface area (Å²) in [5.74, 6) is -0.379. The van der Waals surface area contributed by atoms with Crippen LogP contribution in [0.5, 0.6) is 0 Å². The van der Waals surface area contributed by atoms with E-state index < -0.39 is 0 Å². The Kier molecular flexibility index (Phi) is 6.15. The van der Waals surface area contributed by atoms with Gasteiger partial charge >= 0.3 is 0 Å². The SMILES string of the molecule is CCCCCCCNc1ccc(C(N)=O)cc1. The fraction of sp³-hybridized carbons (Fsp3) is 0.500. The van der Waals surface area contributed by atoms with Crippen molar-refractivity contribution >= 4 is 11.6 Å². The Balaban J connectivity index is 2.21. The molecule has 0 atom stereocenters. The van der Waals surface area contributed by atoms with Crippen molar-refractivity contribution in [2.24, 2.45) is 5.73 Å². The van der Waals surface area contributed by atoms with Gasteiger partial charge in [-0.15, -0.1) is 0 Å². The number of hydrogen-bond acceptors (Lipinski definition) is 2. The van der Waals surface area contributed by atoms with Crippen molar-refractivity contribution in [3.8, 4) is 0 Å². The molecule has 0 saturated carbocycles. The Morgan fingerprint density at radius 1 is 1.12 bits per heavy atom. The third-order valence-electron chi connectivity index (χ3n) is 2.78. The Morgan fingerprint density at radius 2 is 1.76 bits per heavy atom. The highest BCUT2D eigenvalue weighted by Crippen LogP contribution is 2.10. The standard InChI is InChI=1S/C14H22N2O/c1-2-3-4-5-6-11-16-13-9-7-12(8-10-13)14(15)17/h7-10,16H,2-6,11H2,1H3,(H2,15,17). The highest BCUT2D eigenvalue weighted by atomic mass is 16.1. The molecule has 3 heteroatoms. The molecule has 0 spiro atoms. The average molecular weight is 234 g/mol. The zero-order valence-corrected chi connectivity index (χ0v) is 10.5. The minimum Gasteiger partial charge on any atom is -0.385 e. The Labute approximate surface area is 103 Å². The predicted molar refractivity (Wildman–Crippen MR) is 72.2 cm³/mol. The molecule has 0 aliphatic heterocycles. The number of benzene rings is 1. The molecule has 0 aliphatic rings. The van der Waals surface area contributed by atoms with Crippen LogP contribution in [0.2, 0.25) is 0 Å². The van der Waals surface area contributed by atoms with Crippen LogP contribution in [-0.4, -0.2) is 12.5 Å². The number of hydrogen-bond donors (Lipinski definition) is 2. The van der Waals surface area contributed by atoms with E-state index in [4.69, 9.17) is 5.73 Å². The molecular weight excluding hydrogens is 212 g/mol. The largest absolute Gasteiger partial charge is 0.385 e. The normalized spacial score (nSPS) is 10.2. The summed E-state index contributed by atoms with van der Waals surface area (Å²) in [7, 11) is 0. The molecule has 94 valence electrons. The lowest BCUT2D eigenvalue weighted by atomic mass is 10.1. The van der Waals surface area contributed by atoms with Gasteiger partial charge in [0.05, 0.1) is 0 Å². The molecule has 0 heterocycles. The van der Waals surface area contributed by atoms with E-state index in [1.807, 2.05) is 12.1 Å². The summed E-state index contributed by atoms with van der Waals surface area (Å²) in [5, 5.41) is 3.34. The molecule has 0 fully saturated rings. The molecule has 0 saturated heterocycles. The Bertz CT molecular complexity index is 333. The van der Waals surface area contributed by atoms with Gasteiger partial charge in [-0.2, -0.15) is 0 Å². The Morgan fingerprint density at radius 3 is 2.35 bits per heavy atom. The molecule has 1 aromatic carbocycles. The maximum Gasteiger partial charge on any atom is 0.248 e. The lowest BCUT2D eigenvalue weighted by Crippen LogP contribution is -2.10. The second kappa shape index (κ2) is 7.71. The summed E-state index contributed by atoms with van der Waals surface area (Å²) < 4.78 is 0. The lowest BCUT2D eigenvalue weighted by Gasteiger charge is -2.06. The summed E-state index contributed by atoms with van der Waals surface area (Å²) in [6.45, 7) is 3.21. The fourth-order valence-corrected chi connectivity index (χ4v) is 1.71. The number of amides is 1. The first-order valence-electron chi connectivity index (χ1n) is 6.37. The summed E-state index contributed by atoms with van der Waals surface area (Å²) in [6, 6.07) is 7.29. The van der Waals surface area contributed by atoms with E-state index in [1.54, 1.807) is 12.1 Å². The number of carbonyl (C=O) groups is 1. The first-order valence-corrected chi connectivity index (χ1v) is 6.37. The summed E-state index contributed by atoms with van der Waals surface area (Å²) in [4.78, 5) is 10.9. The van der Waals surface area contributed by atoms with Crippen LogP contribution in [0, 0.1) is 0 Å². The summed E-state index contributed by atoms with van der Waals surface area (Å²) >= 11 is 0. The third kappa shape index (κ3) is 5.38. The predicted octanol–water partition coefficient (Wildman–Crippen LogP) is 3.17. The van der Waals surface area contributed by atoms with Crippen molar-refractivity contribution < 1.29 is 4.79 Å². The maximum atomic E-state index is 10.9. The van der Waals surface area contributed by atoms with E-state index in [0.29, 0.717) is 5.56 Å². The fourth-order valence-electron chi connectivity index (χ4n) is 1.71. The van der Waals surface area contributed by atoms with E-state index >= 15 is 0 Å². The average Bonchev–Trinajstić information content (AvgIpc) is 2.34. The van der Waals surface area contributed by atoms with Gasteiger partial charge in [-0.25, -0.2) is 0 Å². The lowest BCUT2D eigenvalue weighted by molar-refractivity contribution is 0.100. The van der Waals surface area contributed by atoms with E-state index in [2.05, 4.69) is 12.2 Å². The highest BCUT2D eigenvalue weighted by molar-refractivity contribution is 5.93. The van der Waals surface area contributed by atoms with Crippen molar-refractivity contribution in [2.45, 2.75) is 39.0 Å². The van der Waals surface area contributed by atoms with Gasteiger partial charge in [-0.3, -0.25) is 4.79 Å². The van der Waals surface area contributed by atoms with Crippen LogP contribution in [0.4, 0.5) is 5.69 Å². The summed E-state index contributed by atoms with van der Waals surface area (Å²) in [5.41, 5.74) is 6.77. The molecule has 1 aromatic rings. The van der Waals surface area contributed by atoms with Crippen LogP contribution in [0.1, 0.15) is 49.4 Å². The quantitative estimate of drug-likeness (QED) is 0.679. The van der Waals surface area contributed by atoms with E-state index in [0.717, 1.165) is 12.2 Å². The van der Waals surface area contributed by atoms with Crippen LogP contribution in [0.3, 0.4) is 0 Å². The van der Waals surface area contributed by atoms with Crippen LogP contribution in [0.15, 0.2) is 24.3 Å². The number of rotatable bonds is 8. The maximum absolute atomic E-state index is 10.9. The van der Waals surface area contributed by atoms with Gasteiger partial charge in [0.15, 0.2) is 0 Å². The number of nitrogens with two attached hydrogens (primary N) is 1. The van der Waals surface area contributed by atoms with Crippen molar-refractivity contribution in [2.75, 3.05) is 11.9 Å².